The second-order valence-electron chi connectivity index (χ2n) is 4.25. The summed E-state index contributed by atoms with van der Waals surface area (Å²) in [5.41, 5.74) is 1.99. The van der Waals surface area contributed by atoms with E-state index in [0.717, 1.165) is 47.4 Å². The van der Waals surface area contributed by atoms with Crippen molar-refractivity contribution in [3.05, 3.63) is 18.2 Å². The zero-order valence-electron chi connectivity index (χ0n) is 11.9. The van der Waals surface area contributed by atoms with E-state index in [2.05, 4.69) is 15.3 Å². The van der Waals surface area contributed by atoms with Gasteiger partial charge in [0.2, 0.25) is 0 Å². The molecular weight excluding hydrogens is 274 g/mol. The molecule has 5 nitrogen and oxygen atoms in total. The molecule has 0 unspecified atom stereocenters. The van der Waals surface area contributed by atoms with Crippen LogP contribution < -0.4 is 10.1 Å². The molecule has 0 aliphatic rings. The third-order valence-electron chi connectivity index (χ3n) is 2.74. The predicted molar refractivity (Wildman–Crippen MR) is 82.7 cm³/mol. The average Bonchev–Trinajstić information content (AvgIpc) is 2.85. The third kappa shape index (κ3) is 4.40. The molecule has 1 heterocycles. The maximum absolute atomic E-state index is 5.48. The Balaban J connectivity index is 1.84. The molecule has 0 atom stereocenters. The van der Waals surface area contributed by atoms with Crippen molar-refractivity contribution in [2.75, 3.05) is 39.2 Å². The van der Waals surface area contributed by atoms with Gasteiger partial charge in [-0.25, -0.2) is 4.98 Å². The average molecular weight is 295 g/mol. The van der Waals surface area contributed by atoms with Crippen LogP contribution in [-0.2, 0) is 4.74 Å². The van der Waals surface area contributed by atoms with Crippen molar-refractivity contribution in [2.24, 2.45) is 0 Å². The highest BCUT2D eigenvalue weighted by Crippen LogP contribution is 2.23. The molecule has 0 fully saturated rings. The monoisotopic (exact) mass is 295 g/mol. The molecule has 110 valence electrons. The Morgan fingerprint density at radius 3 is 3.05 bits per heavy atom. The summed E-state index contributed by atoms with van der Waals surface area (Å²) in [5, 5.41) is 4.26. The normalized spacial score (nSPS) is 11.1. The largest absolute Gasteiger partial charge is 0.494 e. The number of thioether (sulfide) groups is 1. The summed E-state index contributed by atoms with van der Waals surface area (Å²) < 4.78 is 10.5. The lowest BCUT2D eigenvalue weighted by Crippen LogP contribution is -2.21. The predicted octanol–water partition coefficient (Wildman–Crippen LogP) is 2.29. The first-order valence-electron chi connectivity index (χ1n) is 6.78. The summed E-state index contributed by atoms with van der Waals surface area (Å²) in [7, 11) is 1.71. The lowest BCUT2D eigenvalue weighted by Gasteiger charge is -2.02. The molecule has 0 saturated heterocycles. The number of imidazole rings is 1. The van der Waals surface area contributed by atoms with Gasteiger partial charge in [0.15, 0.2) is 5.16 Å². The topological polar surface area (TPSA) is 59.2 Å². The van der Waals surface area contributed by atoms with E-state index in [1.54, 1.807) is 18.9 Å². The second kappa shape index (κ2) is 8.14. The quantitative estimate of drug-likeness (QED) is 0.549. The molecule has 6 heteroatoms. The molecule has 0 bridgehead atoms. The number of aromatic nitrogens is 2. The van der Waals surface area contributed by atoms with Crippen molar-refractivity contribution in [3.63, 3.8) is 0 Å². The fourth-order valence-electron chi connectivity index (χ4n) is 1.81. The van der Waals surface area contributed by atoms with Gasteiger partial charge in [-0.3, -0.25) is 0 Å². The van der Waals surface area contributed by atoms with E-state index in [0.29, 0.717) is 6.61 Å². The summed E-state index contributed by atoms with van der Waals surface area (Å²) in [4.78, 5) is 7.86. The Hall–Kier alpha value is -1.24. The van der Waals surface area contributed by atoms with Crippen LogP contribution in [0.1, 0.15) is 6.92 Å². The molecule has 0 spiro atoms. The van der Waals surface area contributed by atoms with Crippen molar-refractivity contribution in [3.8, 4) is 5.75 Å². The molecule has 0 aliphatic carbocycles. The van der Waals surface area contributed by atoms with E-state index >= 15 is 0 Å². The molecular formula is C14H21N3O2S. The molecule has 2 N–H and O–H groups in total. The van der Waals surface area contributed by atoms with Gasteiger partial charge >= 0.3 is 0 Å². The number of nitrogens with zero attached hydrogens (tertiary/aromatic N) is 1. The van der Waals surface area contributed by atoms with Crippen molar-refractivity contribution >= 4 is 22.8 Å². The van der Waals surface area contributed by atoms with Crippen molar-refractivity contribution in [1.82, 2.24) is 15.3 Å². The zero-order chi connectivity index (χ0) is 14.2. The number of hydrogen-bond acceptors (Lipinski definition) is 5. The molecule has 0 amide bonds. The fourth-order valence-corrected chi connectivity index (χ4v) is 2.59. The highest BCUT2D eigenvalue weighted by Gasteiger charge is 2.04. The van der Waals surface area contributed by atoms with E-state index in [-0.39, 0.29) is 0 Å². The summed E-state index contributed by atoms with van der Waals surface area (Å²) in [6, 6.07) is 5.93. The van der Waals surface area contributed by atoms with E-state index in [1.807, 2.05) is 25.1 Å². The SMILES string of the molecule is CCOc1ccc2nc(SCCNCCOC)[nH]c2c1. The number of H-pyrrole nitrogens is 1. The lowest BCUT2D eigenvalue weighted by atomic mass is 10.3. The molecule has 2 rings (SSSR count). The van der Waals surface area contributed by atoms with Gasteiger partial charge in [0.25, 0.3) is 0 Å². The van der Waals surface area contributed by atoms with Gasteiger partial charge in [-0.15, -0.1) is 0 Å². The Morgan fingerprint density at radius 1 is 1.35 bits per heavy atom. The summed E-state index contributed by atoms with van der Waals surface area (Å²) in [6.45, 7) is 5.23. The van der Waals surface area contributed by atoms with E-state index in [1.165, 1.54) is 0 Å². The maximum atomic E-state index is 5.48. The first kappa shape index (κ1) is 15.2. The van der Waals surface area contributed by atoms with Crippen molar-refractivity contribution in [2.45, 2.75) is 12.1 Å². The number of nitrogens with one attached hydrogen (secondary N) is 2. The van der Waals surface area contributed by atoms with Crippen LogP contribution in [0.2, 0.25) is 0 Å². The minimum absolute atomic E-state index is 0.675. The van der Waals surface area contributed by atoms with E-state index < -0.39 is 0 Å². The number of hydrogen-bond donors (Lipinski definition) is 2. The van der Waals surface area contributed by atoms with Crippen LogP contribution in [0.4, 0.5) is 0 Å². The molecule has 1 aromatic heterocycles. The summed E-state index contributed by atoms with van der Waals surface area (Å²) in [5.74, 6) is 1.85. The highest BCUT2D eigenvalue weighted by atomic mass is 32.2. The number of ether oxygens (including phenoxy) is 2. The smallest absolute Gasteiger partial charge is 0.166 e. The highest BCUT2D eigenvalue weighted by molar-refractivity contribution is 7.99. The molecule has 2 aromatic rings. The minimum atomic E-state index is 0.675. The Labute approximate surface area is 123 Å². The molecule has 0 aliphatic heterocycles. The number of aromatic amines is 1. The first-order valence-corrected chi connectivity index (χ1v) is 7.77. The van der Waals surface area contributed by atoms with Crippen LogP contribution in [0.5, 0.6) is 5.75 Å². The first-order chi connectivity index (χ1) is 9.83. The minimum Gasteiger partial charge on any atom is -0.494 e. The fraction of sp³-hybridized carbons (Fsp3) is 0.500. The standard InChI is InChI=1S/C14H21N3O2S/c1-3-19-11-4-5-12-13(10-11)17-14(16-12)20-9-7-15-6-8-18-2/h4-5,10,15H,3,6-9H2,1-2H3,(H,16,17). The number of rotatable bonds is 9. The molecule has 1 aromatic carbocycles. The Bertz CT molecular complexity index is 530. The molecule has 0 saturated carbocycles. The van der Waals surface area contributed by atoms with Gasteiger partial charge in [0.1, 0.15) is 5.75 Å². The van der Waals surface area contributed by atoms with Gasteiger partial charge < -0.3 is 19.8 Å². The van der Waals surface area contributed by atoms with Crippen molar-refractivity contribution in [1.29, 1.82) is 0 Å². The third-order valence-corrected chi connectivity index (χ3v) is 3.62. The second-order valence-corrected chi connectivity index (χ2v) is 5.33. The van der Waals surface area contributed by atoms with Crippen molar-refractivity contribution < 1.29 is 9.47 Å². The van der Waals surface area contributed by atoms with Crippen LogP contribution in [0.25, 0.3) is 11.0 Å². The van der Waals surface area contributed by atoms with E-state index in [9.17, 15) is 0 Å². The van der Waals surface area contributed by atoms with Gasteiger partial charge in [-0.1, -0.05) is 11.8 Å². The molecule has 0 radical (unpaired) electrons. The summed E-state index contributed by atoms with van der Waals surface area (Å²) >= 11 is 1.71. The Kier molecular flexibility index (Phi) is 6.17. The number of fused-ring (bicyclic) bond motifs is 1. The van der Waals surface area contributed by atoms with Crippen LogP contribution in [0.3, 0.4) is 0 Å². The van der Waals surface area contributed by atoms with Crippen LogP contribution in [-0.4, -0.2) is 49.1 Å². The van der Waals surface area contributed by atoms with Gasteiger partial charge in [-0.05, 0) is 19.1 Å². The van der Waals surface area contributed by atoms with Crippen LogP contribution in [0.15, 0.2) is 23.4 Å². The zero-order valence-corrected chi connectivity index (χ0v) is 12.8. The molecule has 20 heavy (non-hydrogen) atoms. The maximum Gasteiger partial charge on any atom is 0.166 e. The van der Waals surface area contributed by atoms with Crippen LogP contribution in [0, 0.1) is 0 Å². The van der Waals surface area contributed by atoms with E-state index in [4.69, 9.17) is 9.47 Å². The van der Waals surface area contributed by atoms with Gasteiger partial charge in [0, 0.05) is 32.0 Å². The van der Waals surface area contributed by atoms with Gasteiger partial charge in [-0.2, -0.15) is 0 Å². The lowest BCUT2D eigenvalue weighted by molar-refractivity contribution is 0.200. The number of benzene rings is 1. The summed E-state index contributed by atoms with van der Waals surface area (Å²) in [6.07, 6.45) is 0. The number of methoxy groups -OCH3 is 1. The van der Waals surface area contributed by atoms with Crippen LogP contribution >= 0.6 is 11.8 Å². The van der Waals surface area contributed by atoms with Gasteiger partial charge in [0.05, 0.1) is 24.2 Å². The Morgan fingerprint density at radius 2 is 2.25 bits per heavy atom.